The predicted octanol–water partition coefficient (Wildman–Crippen LogP) is 5.39. The molecule has 0 unspecified atom stereocenters. The van der Waals surface area contributed by atoms with E-state index in [-0.39, 0.29) is 7.43 Å². The first-order valence-corrected chi connectivity index (χ1v) is 16.8. The first kappa shape index (κ1) is 32.7. The minimum absolute atomic E-state index is 0. The van der Waals surface area contributed by atoms with Gasteiger partial charge in [-0.3, -0.25) is 19.8 Å². The third kappa shape index (κ3) is 6.36. The van der Waals surface area contributed by atoms with Crippen molar-refractivity contribution < 1.29 is 0 Å². The molecular weight excluding hydrogens is 582 g/mol. The predicted molar refractivity (Wildman–Crippen MR) is 191 cm³/mol. The van der Waals surface area contributed by atoms with E-state index in [1.165, 1.54) is 37.2 Å². The van der Waals surface area contributed by atoms with Gasteiger partial charge in [-0.1, -0.05) is 13.8 Å². The molecule has 9 heteroatoms. The lowest BCUT2D eigenvalue weighted by molar-refractivity contribution is 0.0864. The number of hydrogen-bond donors (Lipinski definition) is 1. The van der Waals surface area contributed by atoms with Crippen molar-refractivity contribution in [3.63, 3.8) is 0 Å². The zero-order valence-corrected chi connectivity index (χ0v) is 26.9. The molecule has 1 N–H and O–H groups in total. The number of fused-ring (bicyclic) bond motifs is 4. The van der Waals surface area contributed by atoms with E-state index in [4.69, 9.17) is 0 Å². The molecule has 6 heterocycles. The van der Waals surface area contributed by atoms with Crippen molar-refractivity contribution in [2.45, 2.75) is 64.7 Å². The molecule has 8 rings (SSSR count). The zero-order valence-electron chi connectivity index (χ0n) is 26.9. The Balaban J connectivity index is 0.000000161. The van der Waals surface area contributed by atoms with Gasteiger partial charge >= 0.3 is 0 Å². The third-order valence-electron chi connectivity index (χ3n) is 10.4. The van der Waals surface area contributed by atoms with Gasteiger partial charge < -0.3 is 15.1 Å². The number of rotatable bonds is 2. The number of nitrogens with zero attached hydrogens (tertiary/aromatic N) is 8. The first-order chi connectivity index (χ1) is 22.6. The van der Waals surface area contributed by atoms with Crippen molar-refractivity contribution in [1.29, 1.82) is 10.5 Å². The van der Waals surface area contributed by atoms with Gasteiger partial charge in [0.2, 0.25) is 0 Å². The van der Waals surface area contributed by atoms with Crippen molar-refractivity contribution >= 4 is 33.2 Å². The Morgan fingerprint density at radius 3 is 1.83 bits per heavy atom. The van der Waals surface area contributed by atoms with Crippen LogP contribution >= 0.6 is 0 Å². The molecule has 0 radical (unpaired) electrons. The maximum atomic E-state index is 9.32. The highest BCUT2D eigenvalue weighted by Gasteiger charge is 2.35. The monoisotopic (exact) mass is 629 g/mol. The van der Waals surface area contributed by atoms with Crippen LogP contribution in [0.1, 0.15) is 51.7 Å². The maximum Gasteiger partial charge on any atom is 0.101 e. The van der Waals surface area contributed by atoms with Crippen molar-refractivity contribution in [1.82, 2.24) is 25.1 Å². The molecule has 0 bridgehead atoms. The summed E-state index contributed by atoms with van der Waals surface area (Å²) in [6.45, 7) is 13.3. The van der Waals surface area contributed by atoms with Gasteiger partial charge in [-0.15, -0.1) is 0 Å². The fraction of sp³-hybridized carbons (Fsp3) is 0.474. The lowest BCUT2D eigenvalue weighted by atomic mass is 9.95. The minimum atomic E-state index is 0. The highest BCUT2D eigenvalue weighted by Crippen LogP contribution is 2.34. The van der Waals surface area contributed by atoms with Crippen molar-refractivity contribution in [2.24, 2.45) is 0 Å². The van der Waals surface area contributed by atoms with Gasteiger partial charge in [0.25, 0.3) is 0 Å². The molecule has 0 amide bonds. The van der Waals surface area contributed by atoms with Gasteiger partial charge in [0.05, 0.1) is 22.2 Å². The highest BCUT2D eigenvalue weighted by atomic mass is 15.3. The number of benzene rings is 2. The summed E-state index contributed by atoms with van der Waals surface area (Å²) in [4.78, 5) is 19.2. The summed E-state index contributed by atoms with van der Waals surface area (Å²) >= 11 is 0. The van der Waals surface area contributed by atoms with Crippen molar-refractivity contribution in [3.05, 3.63) is 72.1 Å². The van der Waals surface area contributed by atoms with Gasteiger partial charge in [0, 0.05) is 105 Å². The largest absolute Gasteiger partial charge is 0.368 e. The molecule has 2 aromatic carbocycles. The zero-order chi connectivity index (χ0) is 31.6. The van der Waals surface area contributed by atoms with Gasteiger partial charge in [-0.2, -0.15) is 10.5 Å². The van der Waals surface area contributed by atoms with Crippen LogP contribution in [-0.2, 0) is 0 Å². The molecule has 47 heavy (non-hydrogen) atoms. The van der Waals surface area contributed by atoms with Crippen LogP contribution in [0.4, 0.5) is 11.4 Å². The van der Waals surface area contributed by atoms with Gasteiger partial charge in [0.1, 0.15) is 12.1 Å². The molecule has 4 aliphatic rings. The number of piperidine rings is 1. The first-order valence-electron chi connectivity index (χ1n) is 16.8. The van der Waals surface area contributed by atoms with E-state index in [1.807, 2.05) is 24.3 Å². The lowest BCUT2D eigenvalue weighted by Gasteiger charge is -2.49. The summed E-state index contributed by atoms with van der Waals surface area (Å²) in [6.07, 6.45) is 7.52. The third-order valence-corrected chi connectivity index (χ3v) is 10.4. The van der Waals surface area contributed by atoms with Gasteiger partial charge in [-0.05, 0) is 81.8 Å². The number of hydrogen-bond acceptors (Lipinski definition) is 9. The maximum absolute atomic E-state index is 9.32. The molecule has 9 nitrogen and oxygen atoms in total. The molecule has 244 valence electrons. The van der Waals surface area contributed by atoms with E-state index in [0.717, 1.165) is 67.6 Å². The smallest absolute Gasteiger partial charge is 0.101 e. The minimum Gasteiger partial charge on any atom is -0.368 e. The highest BCUT2D eigenvalue weighted by molar-refractivity contribution is 5.96. The second kappa shape index (κ2) is 14.2. The Morgan fingerprint density at radius 1 is 0.702 bits per heavy atom. The van der Waals surface area contributed by atoms with Gasteiger partial charge in [0.15, 0.2) is 0 Å². The fourth-order valence-electron chi connectivity index (χ4n) is 8.27. The quantitative estimate of drug-likeness (QED) is 0.313. The average molecular weight is 630 g/mol. The summed E-state index contributed by atoms with van der Waals surface area (Å²) in [5.41, 5.74) is 5.37. The number of nitriles is 2. The normalized spacial score (nSPS) is 24.6. The van der Waals surface area contributed by atoms with Gasteiger partial charge in [-0.25, -0.2) is 0 Å². The standard InChI is InChI=1S/C19H22N4.C18H21N5.CH4/c1-14-12-22(13-16-5-2-3-10-23(14)16)18-8-7-15(11-20)19-17(18)6-4-9-21-19;1-13-11-22(12-15-10-20-7-8-23(13)15)17-5-4-14(9-19)18-16(17)3-2-6-21-18;/h4,6-9,14,16H,2-3,5,10,12-13H2,1H3;2-6,13,15,20H,7-8,10-12H2,1H3;1H4/t14-,16+;13-,15+;/m01./s1. The van der Waals surface area contributed by atoms with Crippen LogP contribution in [0, 0.1) is 22.7 Å². The molecule has 0 saturated carbocycles. The number of nitrogens with one attached hydrogen (secondary N) is 1. The van der Waals surface area contributed by atoms with Crippen LogP contribution in [0.25, 0.3) is 21.8 Å². The summed E-state index contributed by atoms with van der Waals surface area (Å²) in [7, 11) is 0. The fourth-order valence-corrected chi connectivity index (χ4v) is 8.27. The molecule has 4 fully saturated rings. The van der Waals surface area contributed by atoms with Crippen LogP contribution in [0.3, 0.4) is 0 Å². The Hall–Kier alpha value is -4.28. The lowest BCUT2D eigenvalue weighted by Crippen LogP contribution is -2.64. The van der Waals surface area contributed by atoms with E-state index >= 15 is 0 Å². The van der Waals surface area contributed by atoms with E-state index < -0.39 is 0 Å². The van der Waals surface area contributed by atoms with Crippen molar-refractivity contribution in [3.8, 4) is 12.1 Å². The molecular formula is C38H47N9. The molecule has 4 atom stereocenters. The summed E-state index contributed by atoms with van der Waals surface area (Å²) in [6, 6.07) is 23.0. The molecule has 4 aromatic rings. The van der Waals surface area contributed by atoms with Crippen molar-refractivity contribution in [2.75, 3.05) is 62.2 Å². The second-order valence-electron chi connectivity index (χ2n) is 13.3. The summed E-state index contributed by atoms with van der Waals surface area (Å²) < 4.78 is 0. The Bertz CT molecular complexity index is 1660. The molecule has 0 spiro atoms. The SMILES string of the molecule is C.C[C@@H]1CN(c2ccc(C#N)c3ncccc23)C[C@@H]2CNCCN21.C[C@H]1CN(c2ccc(C#N)c3ncccc23)C[C@H]2CCCCN21. The molecule has 2 aromatic heterocycles. The average Bonchev–Trinajstić information content (AvgIpc) is 3.11. The number of anilines is 2. The van der Waals surface area contributed by atoms with Crippen LogP contribution in [-0.4, -0.2) is 96.3 Å². The Kier molecular flexibility index (Phi) is 9.89. The van der Waals surface area contributed by atoms with Crippen LogP contribution < -0.4 is 15.1 Å². The van der Waals surface area contributed by atoms with E-state index in [0.29, 0.717) is 35.3 Å². The summed E-state index contributed by atoms with van der Waals surface area (Å²) in [5, 5.41) is 24.3. The number of piperazine rings is 3. The van der Waals surface area contributed by atoms with Crippen LogP contribution in [0.15, 0.2) is 60.9 Å². The number of aromatic nitrogens is 2. The molecule has 4 aliphatic heterocycles. The second-order valence-corrected chi connectivity index (χ2v) is 13.3. The van der Waals surface area contributed by atoms with E-state index in [1.54, 1.807) is 12.4 Å². The Morgan fingerprint density at radius 2 is 1.26 bits per heavy atom. The molecule has 0 aliphatic carbocycles. The van der Waals surface area contributed by atoms with E-state index in [9.17, 15) is 10.5 Å². The topological polar surface area (TPSA) is 98.3 Å². The number of pyridine rings is 2. The van der Waals surface area contributed by atoms with Crippen LogP contribution in [0.5, 0.6) is 0 Å². The van der Waals surface area contributed by atoms with Crippen LogP contribution in [0.2, 0.25) is 0 Å². The van der Waals surface area contributed by atoms with E-state index in [2.05, 4.69) is 85.1 Å². The Labute approximate surface area is 279 Å². The summed E-state index contributed by atoms with van der Waals surface area (Å²) in [5.74, 6) is 0. The molecule has 4 saturated heterocycles.